The van der Waals surface area contributed by atoms with E-state index in [1.807, 2.05) is 0 Å². The van der Waals surface area contributed by atoms with E-state index in [9.17, 15) is 9.59 Å². The Kier molecular flexibility index (Phi) is 3.15. The molecule has 76 valence electrons. The smallest absolute Gasteiger partial charge is 0.308 e. The van der Waals surface area contributed by atoms with Gasteiger partial charge in [-0.25, -0.2) is 0 Å². The number of nitrogens with one attached hydrogen (secondary N) is 1. The van der Waals surface area contributed by atoms with Crippen LogP contribution >= 0.6 is 12.2 Å². The van der Waals surface area contributed by atoms with E-state index in [4.69, 9.17) is 23.1 Å². The molecule has 0 saturated carbocycles. The Hall–Kier alpha value is -1.47. The Morgan fingerprint density at radius 3 is 2.86 bits per heavy atom. The molecule has 0 atom stereocenters. The monoisotopic (exact) mass is 215 g/mol. The van der Waals surface area contributed by atoms with Crippen LogP contribution < -0.4 is 11.3 Å². The third-order valence-electron chi connectivity index (χ3n) is 1.62. The standard InChI is InChI=1S/C7H9N3O3S/c8-3-10-2-4(1-5(11)12)6(13)9-7(10)14/h2H,1,3,8H2,(H,11,12)(H,9,13,14). The minimum atomic E-state index is -1.07. The van der Waals surface area contributed by atoms with Crippen LogP contribution in [-0.4, -0.2) is 20.6 Å². The van der Waals surface area contributed by atoms with Gasteiger partial charge in [0.05, 0.1) is 13.1 Å². The average Bonchev–Trinajstić information content (AvgIpc) is 2.09. The third kappa shape index (κ3) is 2.27. The summed E-state index contributed by atoms with van der Waals surface area (Å²) in [4.78, 5) is 23.9. The molecule has 1 aromatic heterocycles. The molecule has 1 heterocycles. The van der Waals surface area contributed by atoms with Gasteiger partial charge in [0, 0.05) is 11.8 Å². The van der Waals surface area contributed by atoms with Crippen LogP contribution in [0, 0.1) is 4.77 Å². The normalized spacial score (nSPS) is 10.1. The molecule has 14 heavy (non-hydrogen) atoms. The lowest BCUT2D eigenvalue weighted by atomic mass is 10.2. The molecule has 0 aromatic carbocycles. The zero-order valence-corrected chi connectivity index (χ0v) is 8.00. The number of nitrogens with two attached hydrogens (primary N) is 1. The molecule has 0 aliphatic heterocycles. The van der Waals surface area contributed by atoms with E-state index in [0.717, 1.165) is 0 Å². The largest absolute Gasteiger partial charge is 0.481 e. The molecular weight excluding hydrogens is 206 g/mol. The van der Waals surface area contributed by atoms with Gasteiger partial charge in [-0.05, 0) is 12.2 Å². The SMILES string of the molecule is NCn1cc(CC(=O)O)c(=O)[nH]c1=S. The number of carboxylic acid groups (broad SMARTS) is 1. The number of aromatic nitrogens is 2. The van der Waals surface area contributed by atoms with E-state index in [1.165, 1.54) is 10.8 Å². The van der Waals surface area contributed by atoms with Gasteiger partial charge in [-0.1, -0.05) is 0 Å². The number of nitrogens with zero attached hydrogens (tertiary/aromatic N) is 1. The molecule has 0 radical (unpaired) electrons. The van der Waals surface area contributed by atoms with Gasteiger partial charge < -0.3 is 15.4 Å². The summed E-state index contributed by atoms with van der Waals surface area (Å²) >= 11 is 4.79. The highest BCUT2D eigenvalue weighted by Crippen LogP contribution is 1.93. The zero-order valence-electron chi connectivity index (χ0n) is 7.19. The van der Waals surface area contributed by atoms with Crippen LogP contribution in [0.5, 0.6) is 0 Å². The highest BCUT2D eigenvalue weighted by atomic mass is 32.1. The molecule has 1 rings (SSSR count). The molecular formula is C7H9N3O3S. The minimum Gasteiger partial charge on any atom is -0.481 e. The third-order valence-corrected chi connectivity index (χ3v) is 1.96. The van der Waals surface area contributed by atoms with E-state index >= 15 is 0 Å². The van der Waals surface area contributed by atoms with Gasteiger partial charge in [0.2, 0.25) is 0 Å². The lowest BCUT2D eigenvalue weighted by Crippen LogP contribution is -2.22. The Bertz CT molecular complexity index is 462. The van der Waals surface area contributed by atoms with E-state index in [0.29, 0.717) is 0 Å². The summed E-state index contributed by atoms with van der Waals surface area (Å²) in [5.74, 6) is -1.07. The first-order valence-electron chi connectivity index (χ1n) is 3.79. The molecule has 0 bridgehead atoms. The first-order valence-corrected chi connectivity index (χ1v) is 4.20. The van der Waals surface area contributed by atoms with E-state index in [1.54, 1.807) is 0 Å². The van der Waals surface area contributed by atoms with Crippen molar-refractivity contribution >= 4 is 18.2 Å². The summed E-state index contributed by atoms with van der Waals surface area (Å²) in [5, 5.41) is 8.50. The second kappa shape index (κ2) is 4.16. The fraction of sp³-hybridized carbons (Fsp3) is 0.286. The van der Waals surface area contributed by atoms with Crippen molar-refractivity contribution in [1.82, 2.24) is 9.55 Å². The number of carbonyl (C=O) groups is 1. The molecule has 0 aliphatic carbocycles. The second-order valence-corrected chi connectivity index (χ2v) is 3.02. The maximum absolute atomic E-state index is 11.2. The molecule has 4 N–H and O–H groups in total. The predicted molar refractivity (Wildman–Crippen MR) is 51.4 cm³/mol. The molecule has 1 aromatic rings. The highest BCUT2D eigenvalue weighted by molar-refractivity contribution is 7.71. The molecule has 0 unspecified atom stereocenters. The fourth-order valence-corrected chi connectivity index (χ4v) is 1.20. The van der Waals surface area contributed by atoms with Gasteiger partial charge in [-0.2, -0.15) is 0 Å². The summed E-state index contributed by atoms with van der Waals surface area (Å²) in [7, 11) is 0. The molecule has 0 aliphatic rings. The van der Waals surface area contributed by atoms with Crippen molar-refractivity contribution in [3.63, 3.8) is 0 Å². The summed E-state index contributed by atoms with van der Waals surface area (Å²) in [6.45, 7) is 0.0994. The van der Waals surface area contributed by atoms with Gasteiger partial charge in [-0.15, -0.1) is 0 Å². The van der Waals surface area contributed by atoms with Crippen LogP contribution in [0.1, 0.15) is 5.56 Å². The maximum atomic E-state index is 11.2. The lowest BCUT2D eigenvalue weighted by molar-refractivity contribution is -0.136. The van der Waals surface area contributed by atoms with Gasteiger partial charge >= 0.3 is 5.97 Å². The van der Waals surface area contributed by atoms with Crippen LogP contribution in [-0.2, 0) is 17.9 Å². The molecule has 6 nitrogen and oxygen atoms in total. The van der Waals surface area contributed by atoms with Crippen LogP contribution in [0.3, 0.4) is 0 Å². The van der Waals surface area contributed by atoms with Crippen molar-refractivity contribution in [3.05, 3.63) is 26.9 Å². The predicted octanol–water partition coefficient (Wildman–Crippen LogP) is -0.551. The quantitative estimate of drug-likeness (QED) is 0.587. The molecule has 0 spiro atoms. The first-order chi connectivity index (χ1) is 6.54. The highest BCUT2D eigenvalue weighted by Gasteiger charge is 2.06. The number of aliphatic carboxylic acids is 1. The van der Waals surface area contributed by atoms with Crippen molar-refractivity contribution in [3.8, 4) is 0 Å². The summed E-state index contributed by atoms with van der Waals surface area (Å²) in [5.41, 5.74) is 4.98. The van der Waals surface area contributed by atoms with Gasteiger partial charge in [0.1, 0.15) is 0 Å². The van der Waals surface area contributed by atoms with Crippen molar-refractivity contribution in [2.45, 2.75) is 13.1 Å². The van der Waals surface area contributed by atoms with E-state index in [2.05, 4.69) is 4.98 Å². The van der Waals surface area contributed by atoms with Crippen molar-refractivity contribution in [2.24, 2.45) is 5.73 Å². The molecule has 0 amide bonds. The van der Waals surface area contributed by atoms with Crippen molar-refractivity contribution < 1.29 is 9.90 Å². The van der Waals surface area contributed by atoms with E-state index in [-0.39, 0.29) is 23.4 Å². The summed E-state index contributed by atoms with van der Waals surface area (Å²) in [6.07, 6.45) is 1.01. The van der Waals surface area contributed by atoms with Crippen molar-refractivity contribution in [2.75, 3.05) is 0 Å². The van der Waals surface area contributed by atoms with Crippen LogP contribution in [0.2, 0.25) is 0 Å². The number of rotatable bonds is 3. The Morgan fingerprint density at radius 2 is 2.36 bits per heavy atom. The van der Waals surface area contributed by atoms with Crippen LogP contribution in [0.15, 0.2) is 11.0 Å². The summed E-state index contributed by atoms with van der Waals surface area (Å²) < 4.78 is 1.58. The topological polar surface area (TPSA) is 101 Å². The van der Waals surface area contributed by atoms with Crippen LogP contribution in [0.25, 0.3) is 0 Å². The van der Waals surface area contributed by atoms with E-state index < -0.39 is 11.5 Å². The average molecular weight is 215 g/mol. The number of hydrogen-bond acceptors (Lipinski definition) is 4. The number of hydrogen-bond donors (Lipinski definition) is 3. The molecule has 7 heteroatoms. The van der Waals surface area contributed by atoms with Gasteiger partial charge in [-0.3, -0.25) is 14.6 Å². The molecule has 0 saturated heterocycles. The first kappa shape index (κ1) is 10.6. The minimum absolute atomic E-state index is 0.0994. The fourth-order valence-electron chi connectivity index (χ4n) is 0.979. The summed E-state index contributed by atoms with van der Waals surface area (Å²) in [6, 6.07) is 0. The number of aromatic amines is 1. The molecule has 0 fully saturated rings. The van der Waals surface area contributed by atoms with Gasteiger partial charge in [0.15, 0.2) is 4.77 Å². The number of H-pyrrole nitrogens is 1. The number of carboxylic acids is 1. The van der Waals surface area contributed by atoms with Crippen LogP contribution in [0.4, 0.5) is 0 Å². The van der Waals surface area contributed by atoms with Crippen molar-refractivity contribution in [1.29, 1.82) is 0 Å². The maximum Gasteiger partial charge on any atom is 0.308 e. The Balaban J connectivity index is 3.24. The zero-order chi connectivity index (χ0) is 10.7. The second-order valence-electron chi connectivity index (χ2n) is 2.64. The van der Waals surface area contributed by atoms with Gasteiger partial charge in [0.25, 0.3) is 5.56 Å². The Labute approximate surface area is 84.0 Å². The lowest BCUT2D eigenvalue weighted by Gasteiger charge is -2.04. The Morgan fingerprint density at radius 1 is 1.71 bits per heavy atom.